The smallest absolute Gasteiger partial charge is 0.307 e. The third-order valence-electron chi connectivity index (χ3n) is 2.72. The molecule has 12 heavy (non-hydrogen) atoms. The molecular formula is C9H17NO2. The molecule has 2 N–H and O–H groups in total. The van der Waals surface area contributed by atoms with Crippen LogP contribution in [0.25, 0.3) is 0 Å². The molecule has 0 bridgehead atoms. The van der Waals surface area contributed by atoms with Crippen LogP contribution in [0.15, 0.2) is 0 Å². The largest absolute Gasteiger partial charge is 0.481 e. The first kappa shape index (κ1) is 9.52. The van der Waals surface area contributed by atoms with E-state index in [1.165, 1.54) is 12.8 Å². The molecule has 70 valence electrons. The fourth-order valence-electron chi connectivity index (χ4n) is 1.22. The molecule has 0 amide bonds. The van der Waals surface area contributed by atoms with Gasteiger partial charge in [-0.1, -0.05) is 6.92 Å². The van der Waals surface area contributed by atoms with Crippen LogP contribution in [-0.2, 0) is 4.79 Å². The van der Waals surface area contributed by atoms with Gasteiger partial charge in [0.1, 0.15) is 0 Å². The highest BCUT2D eigenvalue weighted by molar-refractivity contribution is 5.70. The molecular weight excluding hydrogens is 154 g/mol. The monoisotopic (exact) mass is 171 g/mol. The molecule has 3 heteroatoms. The van der Waals surface area contributed by atoms with Crippen LogP contribution in [-0.4, -0.2) is 22.7 Å². The van der Waals surface area contributed by atoms with Gasteiger partial charge in [-0.25, -0.2) is 0 Å². The second-order valence-electron chi connectivity index (χ2n) is 4.12. The lowest BCUT2D eigenvalue weighted by molar-refractivity contribution is -0.142. The zero-order valence-electron chi connectivity index (χ0n) is 7.92. The molecule has 1 aliphatic carbocycles. The molecule has 2 atom stereocenters. The Labute approximate surface area is 73.2 Å². The Morgan fingerprint density at radius 1 is 1.50 bits per heavy atom. The SMILES string of the molecule is CC(NC1(C)CC1)C(C)C(=O)O. The van der Waals surface area contributed by atoms with Crippen LogP contribution in [0.5, 0.6) is 0 Å². The van der Waals surface area contributed by atoms with E-state index in [1.807, 2.05) is 6.92 Å². The van der Waals surface area contributed by atoms with Crippen molar-refractivity contribution < 1.29 is 9.90 Å². The average Bonchev–Trinajstić information content (AvgIpc) is 2.66. The predicted molar refractivity (Wildman–Crippen MR) is 47.0 cm³/mol. The van der Waals surface area contributed by atoms with Gasteiger partial charge in [-0.2, -0.15) is 0 Å². The van der Waals surface area contributed by atoms with Gasteiger partial charge in [0.05, 0.1) is 5.92 Å². The highest BCUT2D eigenvalue weighted by Gasteiger charge is 2.39. The molecule has 0 heterocycles. The fourth-order valence-corrected chi connectivity index (χ4v) is 1.22. The van der Waals surface area contributed by atoms with Crippen molar-refractivity contribution >= 4 is 5.97 Å². The third-order valence-corrected chi connectivity index (χ3v) is 2.72. The van der Waals surface area contributed by atoms with Gasteiger partial charge in [-0.3, -0.25) is 4.79 Å². The zero-order valence-corrected chi connectivity index (χ0v) is 7.92. The van der Waals surface area contributed by atoms with Gasteiger partial charge in [0, 0.05) is 11.6 Å². The number of aliphatic carboxylic acids is 1. The van der Waals surface area contributed by atoms with Crippen molar-refractivity contribution in [3.05, 3.63) is 0 Å². The Bertz CT molecular complexity index is 187. The molecule has 3 nitrogen and oxygen atoms in total. The molecule has 1 saturated carbocycles. The van der Waals surface area contributed by atoms with Gasteiger partial charge in [-0.05, 0) is 26.7 Å². The first-order valence-electron chi connectivity index (χ1n) is 4.45. The van der Waals surface area contributed by atoms with Gasteiger partial charge in [0.25, 0.3) is 0 Å². The molecule has 1 aliphatic rings. The van der Waals surface area contributed by atoms with E-state index in [0.29, 0.717) is 0 Å². The maximum atomic E-state index is 10.6. The van der Waals surface area contributed by atoms with Crippen molar-refractivity contribution in [2.75, 3.05) is 0 Å². The lowest BCUT2D eigenvalue weighted by Crippen LogP contribution is -2.42. The number of carboxylic acids is 1. The Morgan fingerprint density at radius 3 is 2.33 bits per heavy atom. The van der Waals surface area contributed by atoms with E-state index in [9.17, 15) is 4.79 Å². The number of nitrogens with one attached hydrogen (secondary N) is 1. The standard InChI is InChI=1S/C9H17NO2/c1-6(8(11)12)7(2)10-9(3)4-5-9/h6-7,10H,4-5H2,1-3H3,(H,11,12). The summed E-state index contributed by atoms with van der Waals surface area (Å²) in [7, 11) is 0. The first-order chi connectivity index (χ1) is 5.44. The molecule has 2 unspecified atom stereocenters. The minimum absolute atomic E-state index is 0.0648. The van der Waals surface area contributed by atoms with Crippen LogP contribution in [0.3, 0.4) is 0 Å². The van der Waals surface area contributed by atoms with Gasteiger partial charge in [-0.15, -0.1) is 0 Å². The van der Waals surface area contributed by atoms with Crippen LogP contribution < -0.4 is 5.32 Å². The fraction of sp³-hybridized carbons (Fsp3) is 0.889. The van der Waals surface area contributed by atoms with E-state index in [-0.39, 0.29) is 17.5 Å². The maximum absolute atomic E-state index is 10.6. The molecule has 0 saturated heterocycles. The lowest BCUT2D eigenvalue weighted by Gasteiger charge is -2.22. The minimum atomic E-state index is -0.723. The number of carbonyl (C=O) groups is 1. The number of hydrogen-bond acceptors (Lipinski definition) is 2. The van der Waals surface area contributed by atoms with E-state index < -0.39 is 5.97 Å². The van der Waals surface area contributed by atoms with E-state index in [4.69, 9.17) is 5.11 Å². The van der Waals surface area contributed by atoms with Gasteiger partial charge in [0.15, 0.2) is 0 Å². The second kappa shape index (κ2) is 3.05. The summed E-state index contributed by atoms with van der Waals surface area (Å²) in [4.78, 5) is 10.6. The number of rotatable bonds is 4. The highest BCUT2D eigenvalue weighted by atomic mass is 16.4. The summed E-state index contributed by atoms with van der Waals surface area (Å²) in [6.45, 7) is 5.81. The van der Waals surface area contributed by atoms with Crippen molar-refractivity contribution in [1.82, 2.24) is 5.32 Å². The predicted octanol–water partition coefficient (Wildman–Crippen LogP) is 1.24. The molecule has 0 aromatic carbocycles. The summed E-state index contributed by atoms with van der Waals surface area (Å²) in [6.07, 6.45) is 2.34. The van der Waals surface area contributed by atoms with Gasteiger partial charge < -0.3 is 10.4 Å². The molecule has 0 aliphatic heterocycles. The van der Waals surface area contributed by atoms with E-state index in [0.717, 1.165) is 0 Å². The summed E-state index contributed by atoms with van der Waals surface area (Å²) < 4.78 is 0. The molecule has 0 aromatic heterocycles. The van der Waals surface area contributed by atoms with Crippen molar-refractivity contribution in [3.8, 4) is 0 Å². The molecule has 0 aromatic rings. The Morgan fingerprint density at radius 2 is 2.00 bits per heavy atom. The lowest BCUT2D eigenvalue weighted by atomic mass is 10.0. The van der Waals surface area contributed by atoms with Crippen molar-refractivity contribution in [3.63, 3.8) is 0 Å². The van der Waals surface area contributed by atoms with Crippen molar-refractivity contribution in [2.24, 2.45) is 5.92 Å². The summed E-state index contributed by atoms with van der Waals surface area (Å²) in [6, 6.07) is 0.0648. The number of hydrogen-bond donors (Lipinski definition) is 2. The van der Waals surface area contributed by atoms with Crippen LogP contribution in [0, 0.1) is 5.92 Å². The van der Waals surface area contributed by atoms with Gasteiger partial charge >= 0.3 is 5.97 Å². The number of carboxylic acid groups (broad SMARTS) is 1. The maximum Gasteiger partial charge on any atom is 0.307 e. The highest BCUT2D eigenvalue weighted by Crippen LogP contribution is 2.35. The topological polar surface area (TPSA) is 49.3 Å². The van der Waals surface area contributed by atoms with Crippen LogP contribution >= 0.6 is 0 Å². The third kappa shape index (κ3) is 2.21. The Kier molecular flexibility index (Phi) is 2.42. The van der Waals surface area contributed by atoms with E-state index in [2.05, 4.69) is 12.2 Å². The summed E-state index contributed by atoms with van der Waals surface area (Å²) in [5, 5.41) is 12.1. The molecule has 0 radical (unpaired) electrons. The van der Waals surface area contributed by atoms with Gasteiger partial charge in [0.2, 0.25) is 0 Å². The molecule has 1 fully saturated rings. The second-order valence-corrected chi connectivity index (χ2v) is 4.12. The Hall–Kier alpha value is -0.570. The summed E-state index contributed by atoms with van der Waals surface area (Å²) in [5.74, 6) is -1.03. The van der Waals surface area contributed by atoms with E-state index >= 15 is 0 Å². The summed E-state index contributed by atoms with van der Waals surface area (Å²) in [5.41, 5.74) is 0.225. The first-order valence-corrected chi connectivity index (χ1v) is 4.45. The summed E-state index contributed by atoms with van der Waals surface area (Å²) >= 11 is 0. The molecule has 0 spiro atoms. The van der Waals surface area contributed by atoms with Crippen LogP contribution in [0.1, 0.15) is 33.6 Å². The quantitative estimate of drug-likeness (QED) is 0.669. The average molecular weight is 171 g/mol. The van der Waals surface area contributed by atoms with Crippen molar-refractivity contribution in [2.45, 2.75) is 45.2 Å². The Balaban J connectivity index is 2.36. The normalized spacial score (nSPS) is 24.6. The van der Waals surface area contributed by atoms with Crippen LogP contribution in [0.4, 0.5) is 0 Å². The minimum Gasteiger partial charge on any atom is -0.481 e. The van der Waals surface area contributed by atoms with E-state index in [1.54, 1.807) is 6.92 Å². The zero-order chi connectivity index (χ0) is 9.35. The molecule has 1 rings (SSSR count). The van der Waals surface area contributed by atoms with Crippen LogP contribution in [0.2, 0.25) is 0 Å². The van der Waals surface area contributed by atoms with Crippen molar-refractivity contribution in [1.29, 1.82) is 0 Å².